The number of halogens is 1. The smallest absolute Gasteiger partial charge is 0.340 e. The number of esters is 1. The molecule has 0 unspecified atom stereocenters. The Labute approximate surface area is 108 Å². The van der Waals surface area contributed by atoms with E-state index in [1.54, 1.807) is 0 Å². The molecule has 0 atom stereocenters. The van der Waals surface area contributed by atoms with E-state index in [-0.39, 0.29) is 0 Å². The zero-order chi connectivity index (χ0) is 14.6. The number of methoxy groups -OCH3 is 1. The predicted molar refractivity (Wildman–Crippen MR) is 62.8 cm³/mol. The molecule has 0 spiro atoms. The Morgan fingerprint density at radius 1 is 1.42 bits per heavy atom. The van der Waals surface area contributed by atoms with Gasteiger partial charge in [0.25, 0.3) is 0 Å². The highest BCUT2D eigenvalue weighted by molar-refractivity contribution is 7.93. The number of rotatable bonds is 5. The molecule has 0 aliphatic rings. The summed E-state index contributed by atoms with van der Waals surface area (Å²) in [5.41, 5.74) is -1.28. The molecule has 0 aromatic heterocycles. The fraction of sp³-hybridized carbons (Fsp3) is 0.200. The number of carbonyl (C=O) groups excluding carboxylic acids is 1. The molecule has 0 bridgehead atoms. The number of ether oxygens (including phenoxy) is 1. The Balaban J connectivity index is 3.10. The van der Waals surface area contributed by atoms with Gasteiger partial charge in [-0.15, -0.1) is 0 Å². The first-order valence-corrected chi connectivity index (χ1v) is 6.51. The van der Waals surface area contributed by atoms with Crippen molar-refractivity contribution in [3.05, 3.63) is 29.6 Å². The summed E-state index contributed by atoms with van der Waals surface area (Å²) in [4.78, 5) is 21.7. The maximum absolute atomic E-state index is 13.3. The number of benzene rings is 1. The normalized spacial score (nSPS) is 10.8. The standard InChI is InChI=1S/C10H10FNO6S/c1-18-8(13)5-19(16,17)12-7-4-2-3-6(11)9(7)10(14)15/h2-4,12H,5H2,1H3,(H,14,15). The second-order valence-corrected chi connectivity index (χ2v) is 5.13. The van der Waals surface area contributed by atoms with Crippen LogP contribution in [-0.2, 0) is 19.6 Å². The van der Waals surface area contributed by atoms with Gasteiger partial charge in [-0.3, -0.25) is 9.52 Å². The van der Waals surface area contributed by atoms with E-state index in [0.29, 0.717) is 0 Å². The van der Waals surface area contributed by atoms with Crippen LogP contribution < -0.4 is 4.72 Å². The van der Waals surface area contributed by atoms with E-state index in [9.17, 15) is 22.4 Å². The monoisotopic (exact) mass is 291 g/mol. The molecule has 0 aliphatic carbocycles. The van der Waals surface area contributed by atoms with Gasteiger partial charge in [-0.25, -0.2) is 17.6 Å². The predicted octanol–water partition coefficient (Wildman–Crippen LogP) is 0.439. The Morgan fingerprint density at radius 3 is 2.58 bits per heavy atom. The van der Waals surface area contributed by atoms with E-state index < -0.39 is 44.8 Å². The summed E-state index contributed by atoms with van der Waals surface area (Å²) in [6.07, 6.45) is 0. The van der Waals surface area contributed by atoms with Crippen LogP contribution in [0.3, 0.4) is 0 Å². The maximum Gasteiger partial charge on any atom is 0.340 e. The Kier molecular flexibility index (Phi) is 4.43. The average molecular weight is 291 g/mol. The van der Waals surface area contributed by atoms with Gasteiger partial charge in [0.15, 0.2) is 5.75 Å². The van der Waals surface area contributed by atoms with Gasteiger partial charge in [0.1, 0.15) is 11.4 Å². The van der Waals surface area contributed by atoms with Gasteiger partial charge in [-0.1, -0.05) is 6.07 Å². The minimum absolute atomic E-state index is 0.462. The average Bonchev–Trinajstić information content (AvgIpc) is 2.26. The van der Waals surface area contributed by atoms with Gasteiger partial charge >= 0.3 is 11.9 Å². The lowest BCUT2D eigenvalue weighted by Crippen LogP contribution is -2.24. The zero-order valence-electron chi connectivity index (χ0n) is 9.71. The Bertz CT molecular complexity index is 612. The van der Waals surface area contributed by atoms with Crippen molar-refractivity contribution in [3.8, 4) is 0 Å². The van der Waals surface area contributed by atoms with Crippen molar-refractivity contribution in [3.63, 3.8) is 0 Å². The second kappa shape index (κ2) is 5.65. The molecule has 0 amide bonds. The number of carbonyl (C=O) groups is 2. The van der Waals surface area contributed by atoms with Gasteiger partial charge in [0.2, 0.25) is 10.0 Å². The van der Waals surface area contributed by atoms with E-state index in [2.05, 4.69) is 4.74 Å². The zero-order valence-corrected chi connectivity index (χ0v) is 10.5. The van der Waals surface area contributed by atoms with Crippen molar-refractivity contribution in [1.29, 1.82) is 0 Å². The number of hydrogen-bond donors (Lipinski definition) is 2. The molecule has 1 rings (SSSR count). The summed E-state index contributed by atoms with van der Waals surface area (Å²) in [7, 11) is -3.17. The summed E-state index contributed by atoms with van der Waals surface area (Å²) >= 11 is 0. The van der Waals surface area contributed by atoms with Crippen LogP contribution in [-0.4, -0.2) is 38.3 Å². The number of aromatic carboxylic acids is 1. The number of nitrogens with one attached hydrogen (secondary N) is 1. The Hall–Kier alpha value is -2.16. The summed E-state index contributed by atoms with van der Waals surface area (Å²) in [5, 5.41) is 8.80. The van der Waals surface area contributed by atoms with Crippen molar-refractivity contribution in [2.45, 2.75) is 0 Å². The SMILES string of the molecule is COC(=O)CS(=O)(=O)Nc1cccc(F)c1C(=O)O. The largest absolute Gasteiger partial charge is 0.478 e. The summed E-state index contributed by atoms with van der Waals surface area (Å²) in [5.74, 6) is -4.75. The van der Waals surface area contributed by atoms with Crippen LogP contribution >= 0.6 is 0 Å². The first-order valence-electron chi connectivity index (χ1n) is 4.86. The van der Waals surface area contributed by atoms with Crippen LogP contribution in [0.2, 0.25) is 0 Å². The first kappa shape index (κ1) is 14.9. The summed E-state index contributed by atoms with van der Waals surface area (Å²) in [6.45, 7) is 0. The van der Waals surface area contributed by atoms with Crippen molar-refractivity contribution < 1.29 is 32.2 Å². The van der Waals surface area contributed by atoms with Gasteiger partial charge in [-0.05, 0) is 12.1 Å². The molecule has 2 N–H and O–H groups in total. The third kappa shape index (κ3) is 3.91. The molecule has 7 nitrogen and oxygen atoms in total. The molecule has 0 radical (unpaired) electrons. The Morgan fingerprint density at radius 2 is 2.05 bits per heavy atom. The van der Waals surface area contributed by atoms with Crippen molar-refractivity contribution >= 4 is 27.6 Å². The number of sulfonamides is 1. The van der Waals surface area contributed by atoms with Crippen molar-refractivity contribution in [2.75, 3.05) is 17.6 Å². The minimum atomic E-state index is -4.17. The fourth-order valence-electron chi connectivity index (χ4n) is 1.24. The van der Waals surface area contributed by atoms with Crippen LogP contribution in [0.15, 0.2) is 18.2 Å². The maximum atomic E-state index is 13.3. The third-order valence-electron chi connectivity index (χ3n) is 2.03. The van der Waals surface area contributed by atoms with Gasteiger partial charge < -0.3 is 9.84 Å². The first-order chi connectivity index (χ1) is 8.76. The van der Waals surface area contributed by atoms with Gasteiger partial charge in [0.05, 0.1) is 12.8 Å². The van der Waals surface area contributed by atoms with Gasteiger partial charge in [0, 0.05) is 0 Å². The second-order valence-electron chi connectivity index (χ2n) is 3.40. The van der Waals surface area contributed by atoms with Crippen LogP contribution in [0.1, 0.15) is 10.4 Å². The number of carboxylic acid groups (broad SMARTS) is 1. The topological polar surface area (TPSA) is 110 Å². The fourth-order valence-corrected chi connectivity index (χ4v) is 2.25. The molecule has 0 fully saturated rings. The molecule has 1 aromatic rings. The molecule has 0 saturated carbocycles. The van der Waals surface area contributed by atoms with Crippen molar-refractivity contribution in [2.24, 2.45) is 0 Å². The van der Waals surface area contributed by atoms with Crippen LogP contribution in [0.5, 0.6) is 0 Å². The van der Waals surface area contributed by atoms with E-state index >= 15 is 0 Å². The van der Waals surface area contributed by atoms with E-state index in [1.165, 1.54) is 0 Å². The molecular formula is C10H10FNO6S. The molecule has 9 heteroatoms. The quantitative estimate of drug-likeness (QED) is 0.762. The highest BCUT2D eigenvalue weighted by atomic mass is 32.2. The molecule has 0 heterocycles. The van der Waals surface area contributed by atoms with E-state index in [4.69, 9.17) is 5.11 Å². The number of hydrogen-bond acceptors (Lipinski definition) is 5. The van der Waals surface area contributed by atoms with Gasteiger partial charge in [-0.2, -0.15) is 0 Å². The molecule has 1 aromatic carbocycles. The van der Waals surface area contributed by atoms with Crippen molar-refractivity contribution in [1.82, 2.24) is 0 Å². The molecule has 0 saturated heterocycles. The number of carboxylic acids is 1. The molecule has 0 aliphatic heterocycles. The van der Waals surface area contributed by atoms with E-state index in [1.807, 2.05) is 4.72 Å². The summed E-state index contributed by atoms with van der Waals surface area (Å²) in [6, 6.07) is 3.08. The van der Waals surface area contributed by atoms with E-state index in [0.717, 1.165) is 25.3 Å². The highest BCUT2D eigenvalue weighted by Gasteiger charge is 2.22. The third-order valence-corrected chi connectivity index (χ3v) is 3.18. The highest BCUT2D eigenvalue weighted by Crippen LogP contribution is 2.20. The lowest BCUT2D eigenvalue weighted by Gasteiger charge is -2.10. The molecule has 19 heavy (non-hydrogen) atoms. The number of anilines is 1. The van der Waals surface area contributed by atoms with Crippen LogP contribution in [0.4, 0.5) is 10.1 Å². The lowest BCUT2D eigenvalue weighted by molar-refractivity contribution is -0.137. The molecule has 104 valence electrons. The lowest BCUT2D eigenvalue weighted by atomic mass is 10.2. The minimum Gasteiger partial charge on any atom is -0.478 e. The van der Waals surface area contributed by atoms with Crippen LogP contribution in [0.25, 0.3) is 0 Å². The van der Waals surface area contributed by atoms with Crippen LogP contribution in [0, 0.1) is 5.82 Å². The molecular weight excluding hydrogens is 281 g/mol. The summed E-state index contributed by atoms with van der Waals surface area (Å²) < 4.78 is 42.4.